The number of hydrogen-bond donors (Lipinski definition) is 1. The molecule has 1 unspecified atom stereocenters. The molecule has 3 rings (SSSR count). The summed E-state index contributed by atoms with van der Waals surface area (Å²) in [5.74, 6) is 0.548. The topological polar surface area (TPSA) is 47.0 Å². The van der Waals surface area contributed by atoms with Crippen LogP contribution in [0.4, 0.5) is 0 Å². The van der Waals surface area contributed by atoms with Crippen molar-refractivity contribution in [1.82, 2.24) is 15.3 Å². The molecule has 0 radical (unpaired) electrons. The lowest BCUT2D eigenvalue weighted by atomic mass is 10.0. The maximum Gasteiger partial charge on any atom is 0.234 e. The normalized spacial score (nSPS) is 18.8. The molecule has 92 valence electrons. The van der Waals surface area contributed by atoms with Crippen LogP contribution >= 0.6 is 0 Å². The van der Waals surface area contributed by atoms with E-state index < -0.39 is 0 Å². The van der Waals surface area contributed by atoms with Crippen LogP contribution in [-0.2, 0) is 6.42 Å². The summed E-state index contributed by atoms with van der Waals surface area (Å²) in [6, 6.07) is 8.38. The highest BCUT2D eigenvalue weighted by atomic mass is 16.5. The number of hydrogen-bond acceptors (Lipinski definition) is 4. The van der Waals surface area contributed by atoms with Gasteiger partial charge in [-0.05, 0) is 24.9 Å². The fourth-order valence-electron chi connectivity index (χ4n) is 2.21. The van der Waals surface area contributed by atoms with Crippen molar-refractivity contribution < 1.29 is 4.74 Å². The molecular weight excluding hydrogens is 226 g/mol. The number of fused-ring (bicyclic) bond motifs is 1. The third-order valence-corrected chi connectivity index (χ3v) is 3.07. The first-order chi connectivity index (χ1) is 8.93. The largest absolute Gasteiger partial charge is 0.453 e. The molecule has 18 heavy (non-hydrogen) atoms. The van der Waals surface area contributed by atoms with Gasteiger partial charge >= 0.3 is 0 Å². The molecule has 0 saturated heterocycles. The van der Waals surface area contributed by atoms with Gasteiger partial charge in [0.25, 0.3) is 0 Å². The Bertz CT molecular complexity index is 515. The van der Waals surface area contributed by atoms with E-state index in [0.717, 1.165) is 19.4 Å². The maximum atomic E-state index is 5.88. The first-order valence-corrected chi connectivity index (χ1v) is 6.17. The summed E-state index contributed by atoms with van der Waals surface area (Å²) in [5.41, 5.74) is 2.54. The zero-order chi connectivity index (χ0) is 12.2. The van der Waals surface area contributed by atoms with Crippen molar-refractivity contribution in [2.24, 2.45) is 0 Å². The van der Waals surface area contributed by atoms with Gasteiger partial charge in [-0.25, -0.2) is 4.98 Å². The summed E-state index contributed by atoms with van der Waals surface area (Å²) in [5, 5.41) is 3.40. The monoisotopic (exact) mass is 241 g/mol. The zero-order valence-corrected chi connectivity index (χ0v) is 10.0. The van der Waals surface area contributed by atoms with Gasteiger partial charge in [0.2, 0.25) is 5.88 Å². The molecular formula is C14H15N3O. The van der Waals surface area contributed by atoms with Gasteiger partial charge < -0.3 is 4.74 Å². The van der Waals surface area contributed by atoms with Gasteiger partial charge in [-0.1, -0.05) is 24.3 Å². The first-order valence-electron chi connectivity index (χ1n) is 6.17. The van der Waals surface area contributed by atoms with E-state index in [2.05, 4.69) is 33.5 Å². The summed E-state index contributed by atoms with van der Waals surface area (Å²) >= 11 is 0. The molecule has 0 aliphatic carbocycles. The van der Waals surface area contributed by atoms with Crippen LogP contribution < -0.4 is 10.1 Å². The molecule has 0 amide bonds. The van der Waals surface area contributed by atoms with Crippen LogP contribution in [0, 0.1) is 0 Å². The van der Waals surface area contributed by atoms with Gasteiger partial charge in [0, 0.05) is 18.0 Å². The third-order valence-electron chi connectivity index (χ3n) is 3.07. The highest BCUT2D eigenvalue weighted by Crippen LogP contribution is 2.24. The quantitative estimate of drug-likeness (QED) is 0.874. The Hall–Kier alpha value is -1.94. The fourth-order valence-corrected chi connectivity index (χ4v) is 2.21. The lowest BCUT2D eigenvalue weighted by molar-refractivity contribution is 0.161. The van der Waals surface area contributed by atoms with Gasteiger partial charge in [-0.3, -0.25) is 10.3 Å². The van der Waals surface area contributed by atoms with Crippen molar-refractivity contribution in [3.05, 3.63) is 54.0 Å². The molecule has 0 saturated carbocycles. The molecule has 1 atom stereocenters. The molecule has 2 aromatic rings. The second-order valence-electron chi connectivity index (χ2n) is 4.30. The van der Waals surface area contributed by atoms with Gasteiger partial charge in [0.05, 0.1) is 6.20 Å². The van der Waals surface area contributed by atoms with Gasteiger partial charge in [-0.2, -0.15) is 0 Å². The Kier molecular flexibility index (Phi) is 3.19. The summed E-state index contributed by atoms with van der Waals surface area (Å²) in [7, 11) is 0. The standard InChI is InChI=1S/C14H15N3O/c1-2-6-12-11(4-1)5-3-7-17-14(12)18-13-10-15-8-9-16-13/h1-2,4,6,8-10,14,17H,3,5,7H2. The van der Waals surface area contributed by atoms with Crippen molar-refractivity contribution in [2.45, 2.75) is 19.1 Å². The SMILES string of the molecule is c1ccc2c(c1)CCCNC2Oc1cnccn1. The highest BCUT2D eigenvalue weighted by Gasteiger charge is 2.19. The van der Waals surface area contributed by atoms with E-state index in [9.17, 15) is 0 Å². The summed E-state index contributed by atoms with van der Waals surface area (Å²) in [4.78, 5) is 8.17. The van der Waals surface area contributed by atoms with E-state index >= 15 is 0 Å². The average molecular weight is 241 g/mol. The molecule has 1 aromatic carbocycles. The molecule has 1 aliphatic heterocycles. The van der Waals surface area contributed by atoms with E-state index in [4.69, 9.17) is 4.74 Å². The smallest absolute Gasteiger partial charge is 0.234 e. The summed E-state index contributed by atoms with van der Waals surface area (Å²) < 4.78 is 5.88. The third kappa shape index (κ3) is 2.33. The predicted molar refractivity (Wildman–Crippen MR) is 68.2 cm³/mol. The lowest BCUT2D eigenvalue weighted by Gasteiger charge is -2.19. The number of ether oxygens (including phenoxy) is 1. The molecule has 0 spiro atoms. The van der Waals surface area contributed by atoms with Gasteiger partial charge in [0.1, 0.15) is 0 Å². The Balaban J connectivity index is 1.88. The van der Waals surface area contributed by atoms with Crippen molar-refractivity contribution in [2.75, 3.05) is 6.54 Å². The Morgan fingerprint density at radius 2 is 2.17 bits per heavy atom. The fraction of sp³-hybridized carbons (Fsp3) is 0.286. The minimum absolute atomic E-state index is 0.139. The first kappa shape index (κ1) is 11.2. The van der Waals surface area contributed by atoms with E-state index in [0.29, 0.717) is 5.88 Å². The van der Waals surface area contributed by atoms with Crippen molar-refractivity contribution in [3.8, 4) is 5.88 Å². The lowest BCUT2D eigenvalue weighted by Crippen LogP contribution is -2.26. The van der Waals surface area contributed by atoms with Gasteiger partial charge in [0.15, 0.2) is 6.23 Å². The van der Waals surface area contributed by atoms with Crippen LogP contribution in [0.3, 0.4) is 0 Å². The molecule has 0 fully saturated rings. The van der Waals surface area contributed by atoms with Crippen LogP contribution in [0.2, 0.25) is 0 Å². The van der Waals surface area contributed by atoms with Crippen LogP contribution in [-0.4, -0.2) is 16.5 Å². The molecule has 1 aliphatic rings. The number of nitrogens with zero attached hydrogens (tertiary/aromatic N) is 2. The Morgan fingerprint density at radius 1 is 1.22 bits per heavy atom. The molecule has 1 N–H and O–H groups in total. The Morgan fingerprint density at radius 3 is 3.06 bits per heavy atom. The predicted octanol–water partition coefficient (Wildman–Crippen LogP) is 2.09. The van der Waals surface area contributed by atoms with E-state index in [1.165, 1.54) is 11.1 Å². The van der Waals surface area contributed by atoms with Gasteiger partial charge in [-0.15, -0.1) is 0 Å². The molecule has 4 heteroatoms. The minimum Gasteiger partial charge on any atom is -0.453 e. The molecule has 1 aromatic heterocycles. The second-order valence-corrected chi connectivity index (χ2v) is 4.30. The second kappa shape index (κ2) is 5.14. The van der Waals surface area contributed by atoms with Crippen molar-refractivity contribution >= 4 is 0 Å². The van der Waals surface area contributed by atoms with Crippen LogP contribution in [0.15, 0.2) is 42.9 Å². The van der Waals surface area contributed by atoms with E-state index in [-0.39, 0.29) is 6.23 Å². The number of aryl methyl sites for hydroxylation is 1. The molecule has 0 bridgehead atoms. The Labute approximate surface area is 106 Å². The molecule has 4 nitrogen and oxygen atoms in total. The van der Waals surface area contributed by atoms with Crippen LogP contribution in [0.5, 0.6) is 5.88 Å². The highest BCUT2D eigenvalue weighted by molar-refractivity contribution is 5.30. The van der Waals surface area contributed by atoms with Crippen molar-refractivity contribution in [1.29, 1.82) is 0 Å². The zero-order valence-electron chi connectivity index (χ0n) is 10.0. The van der Waals surface area contributed by atoms with Crippen LogP contribution in [0.25, 0.3) is 0 Å². The van der Waals surface area contributed by atoms with Crippen LogP contribution in [0.1, 0.15) is 23.8 Å². The van der Waals surface area contributed by atoms with E-state index in [1.54, 1.807) is 18.6 Å². The molecule has 2 heterocycles. The number of aromatic nitrogens is 2. The number of rotatable bonds is 2. The number of benzene rings is 1. The van der Waals surface area contributed by atoms with Crippen molar-refractivity contribution in [3.63, 3.8) is 0 Å². The minimum atomic E-state index is -0.139. The maximum absolute atomic E-state index is 5.88. The average Bonchev–Trinajstić information content (AvgIpc) is 2.63. The van der Waals surface area contributed by atoms with E-state index in [1.807, 2.05) is 6.07 Å². The summed E-state index contributed by atoms with van der Waals surface area (Å²) in [6.45, 7) is 0.944. The summed E-state index contributed by atoms with van der Waals surface area (Å²) in [6.07, 6.45) is 6.98. The number of nitrogens with one attached hydrogen (secondary N) is 1.